The highest BCUT2D eigenvalue weighted by molar-refractivity contribution is 7.96. The Morgan fingerprint density at radius 2 is 1.88 bits per heavy atom. The second-order valence-corrected chi connectivity index (χ2v) is 9.00. The van der Waals surface area contributed by atoms with Gasteiger partial charge in [0, 0.05) is 12.3 Å². The number of fused-ring (bicyclic) bond motifs is 2. The van der Waals surface area contributed by atoms with Gasteiger partial charge in [-0.05, 0) is 72.3 Å². The van der Waals surface area contributed by atoms with Crippen LogP contribution >= 0.6 is 35.1 Å². The molecular weight excluding hydrogens is 369 g/mol. The molecule has 1 saturated carbocycles. The van der Waals surface area contributed by atoms with Gasteiger partial charge in [0.25, 0.3) is 0 Å². The van der Waals surface area contributed by atoms with Gasteiger partial charge >= 0.3 is 0 Å². The van der Waals surface area contributed by atoms with Gasteiger partial charge in [-0.25, -0.2) is 0 Å². The molecule has 0 aromatic heterocycles. The summed E-state index contributed by atoms with van der Waals surface area (Å²) < 4.78 is 3.52. The number of benzene rings is 2. The van der Waals surface area contributed by atoms with Crippen molar-refractivity contribution in [2.24, 2.45) is 0 Å². The van der Waals surface area contributed by atoms with E-state index in [1.165, 1.54) is 37.7 Å². The van der Waals surface area contributed by atoms with Crippen molar-refractivity contribution in [3.63, 3.8) is 0 Å². The molecule has 1 unspecified atom stereocenters. The third-order valence-electron chi connectivity index (χ3n) is 5.72. The van der Waals surface area contributed by atoms with Crippen LogP contribution in [0.4, 0.5) is 0 Å². The molecule has 0 radical (unpaired) electrons. The van der Waals surface area contributed by atoms with Crippen molar-refractivity contribution in [3.8, 4) is 0 Å². The van der Waals surface area contributed by atoms with Crippen molar-refractivity contribution in [1.29, 1.82) is 0 Å². The Balaban J connectivity index is 1.27. The van der Waals surface area contributed by atoms with Crippen LogP contribution in [-0.4, -0.2) is 6.54 Å². The third-order valence-corrected chi connectivity index (χ3v) is 7.34. The lowest BCUT2D eigenvalue weighted by Gasteiger charge is -2.32. The fourth-order valence-electron chi connectivity index (χ4n) is 4.12. The normalized spacial score (nSPS) is 20.5. The predicted octanol–water partition coefficient (Wildman–Crippen LogP) is 6.73. The quantitative estimate of drug-likeness (QED) is 0.432. The number of nitrogens with one attached hydrogen (secondary N) is 1. The summed E-state index contributed by atoms with van der Waals surface area (Å²) in [4.78, 5) is 0. The first-order chi connectivity index (χ1) is 12.2. The molecule has 2 aliphatic rings. The van der Waals surface area contributed by atoms with E-state index in [0.29, 0.717) is 21.4 Å². The molecule has 4 heteroatoms. The lowest BCUT2D eigenvalue weighted by Crippen LogP contribution is -2.21. The van der Waals surface area contributed by atoms with Gasteiger partial charge in [0.15, 0.2) is 0 Å². The lowest BCUT2D eigenvalue weighted by atomic mass is 9.73. The Kier molecular flexibility index (Phi) is 5.33. The van der Waals surface area contributed by atoms with Crippen molar-refractivity contribution >= 4 is 35.1 Å². The summed E-state index contributed by atoms with van der Waals surface area (Å²) in [7, 11) is 0. The Hall–Kier alpha value is -0.670. The van der Waals surface area contributed by atoms with E-state index in [2.05, 4.69) is 29.0 Å². The third kappa shape index (κ3) is 3.88. The zero-order valence-corrected chi connectivity index (χ0v) is 16.6. The Morgan fingerprint density at radius 1 is 1.04 bits per heavy atom. The molecule has 132 valence electrons. The largest absolute Gasteiger partial charge is 0.264 e. The van der Waals surface area contributed by atoms with E-state index in [1.807, 2.05) is 18.2 Å². The number of rotatable bonds is 6. The molecule has 0 bridgehead atoms. The molecule has 0 aliphatic heterocycles. The van der Waals surface area contributed by atoms with Crippen LogP contribution in [0.2, 0.25) is 10.0 Å². The summed E-state index contributed by atoms with van der Waals surface area (Å²) in [6.07, 6.45) is 6.73. The van der Waals surface area contributed by atoms with Gasteiger partial charge in [0.1, 0.15) is 0 Å². The van der Waals surface area contributed by atoms with Crippen LogP contribution in [0, 0.1) is 0 Å². The Morgan fingerprint density at radius 3 is 2.68 bits per heavy atom. The molecule has 1 fully saturated rings. The average Bonchev–Trinajstić information content (AvgIpc) is 3.40. The molecule has 2 aliphatic carbocycles. The molecule has 1 N–H and O–H groups in total. The van der Waals surface area contributed by atoms with E-state index in [0.717, 1.165) is 12.3 Å². The predicted molar refractivity (Wildman–Crippen MR) is 110 cm³/mol. The lowest BCUT2D eigenvalue weighted by molar-refractivity contribution is 0.453. The van der Waals surface area contributed by atoms with Crippen LogP contribution in [0.5, 0.6) is 0 Å². The fourth-order valence-corrected chi connectivity index (χ4v) is 5.15. The van der Waals surface area contributed by atoms with E-state index < -0.39 is 0 Å². The standard InChI is InChI=1S/C21H23Cl2NS/c22-19-6-5-15(13-20(19)23)14-25-24-12-8-16-7-9-21(10-11-21)18-4-2-1-3-17(16)18/h1-6,13,16,24H,7-12,14H2. The first-order valence-electron chi connectivity index (χ1n) is 9.06. The summed E-state index contributed by atoms with van der Waals surface area (Å²) in [6.45, 7) is 1.04. The molecule has 1 atom stereocenters. The highest BCUT2D eigenvalue weighted by atomic mass is 35.5. The molecular formula is C21H23Cl2NS. The maximum Gasteiger partial charge on any atom is 0.0595 e. The van der Waals surface area contributed by atoms with Crippen LogP contribution in [0.15, 0.2) is 42.5 Å². The van der Waals surface area contributed by atoms with Gasteiger partial charge in [-0.3, -0.25) is 4.72 Å². The van der Waals surface area contributed by atoms with Crippen molar-refractivity contribution < 1.29 is 0 Å². The van der Waals surface area contributed by atoms with Crippen LogP contribution in [0.1, 0.15) is 54.7 Å². The van der Waals surface area contributed by atoms with Crippen LogP contribution in [0.3, 0.4) is 0 Å². The van der Waals surface area contributed by atoms with Gasteiger partial charge in [-0.2, -0.15) is 0 Å². The highest BCUT2D eigenvalue weighted by Crippen LogP contribution is 2.58. The van der Waals surface area contributed by atoms with E-state index in [9.17, 15) is 0 Å². The number of hydrogen-bond acceptors (Lipinski definition) is 2. The van der Waals surface area contributed by atoms with Gasteiger partial charge < -0.3 is 0 Å². The smallest absolute Gasteiger partial charge is 0.0595 e. The zero-order chi connectivity index (χ0) is 17.3. The van der Waals surface area contributed by atoms with Crippen molar-refractivity contribution in [1.82, 2.24) is 4.72 Å². The summed E-state index contributed by atoms with van der Waals surface area (Å²) in [5.74, 6) is 1.61. The first-order valence-corrected chi connectivity index (χ1v) is 10.8. The summed E-state index contributed by atoms with van der Waals surface area (Å²) in [6, 6.07) is 15.0. The SMILES string of the molecule is Clc1ccc(CSNCCC2CCC3(CC3)c3ccccc32)cc1Cl. The second kappa shape index (κ2) is 7.52. The van der Waals surface area contributed by atoms with Crippen molar-refractivity contribution in [3.05, 3.63) is 69.2 Å². The molecule has 1 spiro atoms. The second-order valence-electron chi connectivity index (χ2n) is 7.32. The highest BCUT2D eigenvalue weighted by Gasteiger charge is 2.48. The fraction of sp³-hybridized carbons (Fsp3) is 0.429. The van der Waals surface area contributed by atoms with E-state index >= 15 is 0 Å². The van der Waals surface area contributed by atoms with Crippen LogP contribution < -0.4 is 4.72 Å². The average molecular weight is 392 g/mol. The Labute approximate surface area is 164 Å². The van der Waals surface area contributed by atoms with Gasteiger partial charge in [0.05, 0.1) is 10.0 Å². The van der Waals surface area contributed by atoms with E-state index in [-0.39, 0.29) is 0 Å². The minimum atomic E-state index is 0.559. The monoisotopic (exact) mass is 391 g/mol. The van der Waals surface area contributed by atoms with Gasteiger partial charge in [-0.15, -0.1) is 0 Å². The van der Waals surface area contributed by atoms with E-state index in [1.54, 1.807) is 23.1 Å². The van der Waals surface area contributed by atoms with Gasteiger partial charge in [0.2, 0.25) is 0 Å². The summed E-state index contributed by atoms with van der Waals surface area (Å²) in [5.41, 5.74) is 5.02. The molecule has 2 aromatic rings. The van der Waals surface area contributed by atoms with Crippen LogP contribution in [0.25, 0.3) is 0 Å². The Bertz CT molecular complexity index is 757. The zero-order valence-electron chi connectivity index (χ0n) is 14.2. The van der Waals surface area contributed by atoms with Crippen molar-refractivity contribution in [2.75, 3.05) is 6.54 Å². The summed E-state index contributed by atoms with van der Waals surface area (Å²) in [5, 5.41) is 1.25. The number of halogens is 2. The molecule has 4 rings (SSSR count). The minimum absolute atomic E-state index is 0.559. The topological polar surface area (TPSA) is 12.0 Å². The molecule has 0 saturated heterocycles. The first kappa shape index (κ1) is 17.7. The summed E-state index contributed by atoms with van der Waals surface area (Å²) >= 11 is 13.8. The van der Waals surface area contributed by atoms with Crippen LogP contribution in [-0.2, 0) is 11.2 Å². The minimum Gasteiger partial charge on any atom is -0.264 e. The maximum absolute atomic E-state index is 6.07. The molecule has 1 nitrogen and oxygen atoms in total. The molecule has 25 heavy (non-hydrogen) atoms. The molecule has 0 amide bonds. The maximum atomic E-state index is 6.07. The van der Waals surface area contributed by atoms with Crippen molar-refractivity contribution in [2.45, 2.75) is 49.2 Å². The van der Waals surface area contributed by atoms with E-state index in [4.69, 9.17) is 23.2 Å². The number of hydrogen-bond donors (Lipinski definition) is 1. The molecule has 0 heterocycles. The van der Waals surface area contributed by atoms with Gasteiger partial charge in [-0.1, -0.05) is 65.5 Å². The molecule has 2 aromatic carbocycles.